The van der Waals surface area contributed by atoms with Crippen LogP contribution in [0.4, 0.5) is 0 Å². The van der Waals surface area contributed by atoms with Crippen molar-refractivity contribution >= 4 is 29.0 Å². The Morgan fingerprint density at radius 2 is 1.88 bits per heavy atom. The van der Waals surface area contributed by atoms with Crippen LogP contribution in [0.2, 0.25) is 0 Å². The fraction of sp³-hybridized carbons (Fsp3) is 0.842. The van der Waals surface area contributed by atoms with Gasteiger partial charge in [-0.05, 0) is 44.4 Å². The van der Waals surface area contributed by atoms with Gasteiger partial charge in [0.1, 0.15) is 11.6 Å². The summed E-state index contributed by atoms with van der Waals surface area (Å²) in [4.78, 5) is 31.2. The minimum atomic E-state index is -0.682. The Kier molecular flexibility index (Phi) is 6.83. The molecule has 0 aromatic rings. The molecular weight excluding hydrogens is 334 g/mol. The number of nitrogens with one attached hydrogen (secondary N) is 1. The minimum Gasteiger partial charge on any atom is -0.366 e. The highest BCUT2D eigenvalue weighted by Gasteiger charge is 2.53. The van der Waals surface area contributed by atoms with Crippen LogP contribution in [0.15, 0.2) is 0 Å². The Morgan fingerprint density at radius 3 is 2.40 bits per heavy atom. The van der Waals surface area contributed by atoms with Crippen molar-refractivity contribution in [2.24, 2.45) is 5.92 Å². The van der Waals surface area contributed by atoms with E-state index in [-0.39, 0.29) is 17.9 Å². The van der Waals surface area contributed by atoms with Crippen LogP contribution in [-0.2, 0) is 9.59 Å². The van der Waals surface area contributed by atoms with Crippen LogP contribution in [0, 0.1) is 5.92 Å². The van der Waals surface area contributed by atoms with E-state index >= 15 is 0 Å². The maximum atomic E-state index is 13.1. The zero-order chi connectivity index (χ0) is 18.6. The molecule has 2 fully saturated rings. The third-order valence-corrected chi connectivity index (χ3v) is 5.83. The van der Waals surface area contributed by atoms with Gasteiger partial charge in [-0.1, -0.05) is 39.9 Å². The zero-order valence-electron chi connectivity index (χ0n) is 16.1. The SMILES string of the molecule is CCCC(=S)N1CCC2(CC1)C(=O)NC(CC(C)C)C(=O)N2CCC. The molecule has 5 nitrogen and oxygen atoms in total. The Balaban J connectivity index is 2.17. The molecule has 2 heterocycles. The third kappa shape index (κ3) is 4.15. The summed E-state index contributed by atoms with van der Waals surface area (Å²) in [5, 5.41) is 3.03. The molecule has 6 heteroatoms. The molecule has 25 heavy (non-hydrogen) atoms. The first-order valence-corrected chi connectivity index (χ1v) is 10.2. The molecule has 0 radical (unpaired) electrons. The van der Waals surface area contributed by atoms with Gasteiger partial charge in [0, 0.05) is 19.6 Å². The van der Waals surface area contributed by atoms with Crippen LogP contribution >= 0.6 is 12.2 Å². The fourth-order valence-corrected chi connectivity index (χ4v) is 4.44. The summed E-state index contributed by atoms with van der Waals surface area (Å²) in [5.74, 6) is 0.507. The van der Waals surface area contributed by atoms with Gasteiger partial charge in [-0.15, -0.1) is 0 Å². The average Bonchev–Trinajstić information content (AvgIpc) is 2.57. The van der Waals surface area contributed by atoms with Crippen LogP contribution in [0.25, 0.3) is 0 Å². The van der Waals surface area contributed by atoms with E-state index in [4.69, 9.17) is 12.2 Å². The van der Waals surface area contributed by atoms with Crippen LogP contribution < -0.4 is 5.32 Å². The van der Waals surface area contributed by atoms with Gasteiger partial charge in [0.15, 0.2) is 0 Å². The highest BCUT2D eigenvalue weighted by molar-refractivity contribution is 7.80. The first-order chi connectivity index (χ1) is 11.9. The minimum absolute atomic E-state index is 0.0345. The summed E-state index contributed by atoms with van der Waals surface area (Å²) in [6, 6.07) is -0.371. The van der Waals surface area contributed by atoms with Gasteiger partial charge in [0.2, 0.25) is 11.8 Å². The summed E-state index contributed by atoms with van der Waals surface area (Å²) in [7, 11) is 0. The maximum absolute atomic E-state index is 13.1. The van der Waals surface area contributed by atoms with Crippen molar-refractivity contribution in [3.8, 4) is 0 Å². The van der Waals surface area contributed by atoms with Crippen molar-refractivity contribution in [1.29, 1.82) is 0 Å². The number of hydrogen-bond acceptors (Lipinski definition) is 3. The highest BCUT2D eigenvalue weighted by atomic mass is 32.1. The lowest BCUT2D eigenvalue weighted by Gasteiger charge is -2.52. The van der Waals surface area contributed by atoms with E-state index in [1.807, 2.05) is 4.90 Å². The standard InChI is InChI=1S/C19H33N3O2S/c1-5-7-16(25)21-11-8-19(9-12-21)18(24)20-15(13-14(3)4)17(23)22(19)10-6-2/h14-15H,5-13H2,1-4H3,(H,20,24). The molecule has 1 N–H and O–H groups in total. The lowest BCUT2D eigenvalue weighted by atomic mass is 9.80. The van der Waals surface area contributed by atoms with Crippen molar-refractivity contribution in [2.45, 2.75) is 77.8 Å². The predicted octanol–water partition coefficient (Wildman–Crippen LogP) is 2.73. The van der Waals surface area contributed by atoms with E-state index in [0.29, 0.717) is 31.7 Å². The van der Waals surface area contributed by atoms with Crippen molar-refractivity contribution in [1.82, 2.24) is 15.1 Å². The molecule has 2 rings (SSSR count). The Labute approximate surface area is 157 Å². The number of thiocarbonyl (C=S) groups is 1. The molecule has 0 bridgehead atoms. The molecule has 1 unspecified atom stereocenters. The van der Waals surface area contributed by atoms with E-state index in [1.165, 1.54) is 0 Å². The van der Waals surface area contributed by atoms with Gasteiger partial charge in [0.25, 0.3) is 0 Å². The number of hydrogen-bond donors (Lipinski definition) is 1. The average molecular weight is 368 g/mol. The Hall–Kier alpha value is -1.17. The van der Waals surface area contributed by atoms with Crippen LogP contribution in [0.3, 0.4) is 0 Å². The van der Waals surface area contributed by atoms with E-state index in [9.17, 15) is 9.59 Å². The number of nitrogens with zero attached hydrogens (tertiary/aromatic N) is 2. The number of carbonyl (C=O) groups is 2. The quantitative estimate of drug-likeness (QED) is 0.734. The molecule has 2 aliphatic rings. The molecule has 0 aromatic carbocycles. The molecule has 0 aromatic heterocycles. The van der Waals surface area contributed by atoms with Crippen LogP contribution in [0.1, 0.15) is 66.2 Å². The van der Waals surface area contributed by atoms with Gasteiger partial charge in [-0.2, -0.15) is 0 Å². The van der Waals surface area contributed by atoms with Crippen molar-refractivity contribution in [3.05, 3.63) is 0 Å². The second-order valence-electron chi connectivity index (χ2n) is 7.81. The number of rotatable bonds is 6. The lowest BCUT2D eigenvalue weighted by Crippen LogP contribution is -2.73. The van der Waals surface area contributed by atoms with Gasteiger partial charge >= 0.3 is 0 Å². The Bertz CT molecular complexity index is 513. The molecule has 2 aliphatic heterocycles. The van der Waals surface area contributed by atoms with Crippen LogP contribution in [-0.4, -0.2) is 57.8 Å². The predicted molar refractivity (Wildman–Crippen MR) is 104 cm³/mol. The second kappa shape index (κ2) is 8.47. The normalized spacial score (nSPS) is 23.3. The lowest BCUT2D eigenvalue weighted by molar-refractivity contribution is -0.161. The molecule has 2 amide bonds. The first kappa shape index (κ1) is 20.1. The molecule has 0 aliphatic carbocycles. The summed E-state index contributed by atoms with van der Waals surface area (Å²) in [6.45, 7) is 10.5. The summed E-state index contributed by atoms with van der Waals surface area (Å²) in [5.41, 5.74) is -0.682. The first-order valence-electron chi connectivity index (χ1n) is 9.76. The zero-order valence-corrected chi connectivity index (χ0v) is 17.0. The number of likely N-dealkylation sites (tertiary alicyclic amines) is 1. The number of carbonyl (C=O) groups excluding carboxylic acids is 2. The van der Waals surface area contributed by atoms with E-state index < -0.39 is 5.54 Å². The van der Waals surface area contributed by atoms with Crippen molar-refractivity contribution in [2.75, 3.05) is 19.6 Å². The molecule has 0 saturated carbocycles. The van der Waals surface area contributed by atoms with Gasteiger partial charge < -0.3 is 15.1 Å². The largest absolute Gasteiger partial charge is 0.366 e. The third-order valence-electron chi connectivity index (χ3n) is 5.37. The smallest absolute Gasteiger partial charge is 0.246 e. The monoisotopic (exact) mass is 367 g/mol. The topological polar surface area (TPSA) is 52.7 Å². The summed E-state index contributed by atoms with van der Waals surface area (Å²) in [6.07, 6.45) is 4.87. The molecule has 142 valence electrons. The highest BCUT2D eigenvalue weighted by Crippen LogP contribution is 2.34. The summed E-state index contributed by atoms with van der Waals surface area (Å²) < 4.78 is 0. The number of piperazine rings is 1. The van der Waals surface area contributed by atoms with E-state index in [2.05, 4.69) is 37.9 Å². The van der Waals surface area contributed by atoms with Crippen molar-refractivity contribution in [3.63, 3.8) is 0 Å². The molecule has 1 spiro atoms. The Morgan fingerprint density at radius 1 is 1.24 bits per heavy atom. The molecule has 2 saturated heterocycles. The van der Waals surface area contributed by atoms with E-state index in [1.54, 1.807) is 0 Å². The van der Waals surface area contributed by atoms with E-state index in [0.717, 1.165) is 37.3 Å². The molecular formula is C19H33N3O2S. The number of amides is 2. The summed E-state index contributed by atoms with van der Waals surface area (Å²) >= 11 is 5.51. The van der Waals surface area contributed by atoms with Gasteiger partial charge in [0.05, 0.1) is 4.99 Å². The molecule has 1 atom stereocenters. The second-order valence-corrected chi connectivity index (χ2v) is 8.28. The fourth-order valence-electron chi connectivity index (χ4n) is 4.05. The van der Waals surface area contributed by atoms with Gasteiger partial charge in [-0.3, -0.25) is 9.59 Å². The van der Waals surface area contributed by atoms with Gasteiger partial charge in [-0.25, -0.2) is 0 Å². The maximum Gasteiger partial charge on any atom is 0.246 e. The van der Waals surface area contributed by atoms with Crippen LogP contribution in [0.5, 0.6) is 0 Å². The number of piperidine rings is 1. The van der Waals surface area contributed by atoms with Crippen molar-refractivity contribution < 1.29 is 9.59 Å².